The lowest BCUT2D eigenvalue weighted by Crippen LogP contribution is -2.10. The molecule has 0 fully saturated rings. The van der Waals surface area contributed by atoms with E-state index in [0.29, 0.717) is 29.4 Å². The average molecular weight is 376 g/mol. The van der Waals surface area contributed by atoms with Crippen molar-refractivity contribution in [1.29, 1.82) is 0 Å². The largest absolute Gasteiger partial charge is 0.489 e. The molecule has 0 radical (unpaired) electrons. The fourth-order valence-electron chi connectivity index (χ4n) is 3.10. The minimum atomic E-state index is -0.0803. The standard InChI is InChI=1S/C25H28O3/c1-16(2)11-12-27-20-13-17(3)23-21(15-20)28-22(24(23)26)14-18-7-9-19(10-8-18)25(4,5)6/h7-11,13-15H,12H2,1-6H3/b22-14-. The summed E-state index contributed by atoms with van der Waals surface area (Å²) < 4.78 is 11.7. The molecule has 3 rings (SSSR count). The van der Waals surface area contributed by atoms with Gasteiger partial charge in [-0.25, -0.2) is 0 Å². The molecule has 0 bridgehead atoms. The molecule has 1 aliphatic heterocycles. The highest BCUT2D eigenvalue weighted by atomic mass is 16.5. The number of carbonyl (C=O) groups is 1. The predicted molar refractivity (Wildman–Crippen MR) is 114 cm³/mol. The van der Waals surface area contributed by atoms with Gasteiger partial charge in [-0.1, -0.05) is 50.6 Å². The normalized spacial score (nSPS) is 14.6. The number of allylic oxidation sites excluding steroid dienone is 2. The molecule has 2 aromatic rings. The number of ketones is 1. The molecule has 0 N–H and O–H groups in total. The van der Waals surface area contributed by atoms with Crippen molar-refractivity contribution in [3.63, 3.8) is 0 Å². The van der Waals surface area contributed by atoms with Crippen molar-refractivity contribution in [1.82, 2.24) is 0 Å². The van der Waals surface area contributed by atoms with Crippen molar-refractivity contribution < 1.29 is 14.3 Å². The lowest BCUT2D eigenvalue weighted by atomic mass is 9.86. The first kappa shape index (κ1) is 19.9. The Bertz CT molecular complexity index is 951. The first-order valence-corrected chi connectivity index (χ1v) is 9.61. The van der Waals surface area contributed by atoms with Gasteiger partial charge in [0.2, 0.25) is 5.78 Å². The first-order chi connectivity index (χ1) is 13.1. The highest BCUT2D eigenvalue weighted by molar-refractivity contribution is 6.15. The lowest BCUT2D eigenvalue weighted by Gasteiger charge is -2.18. The van der Waals surface area contributed by atoms with Crippen LogP contribution < -0.4 is 9.47 Å². The molecule has 1 heterocycles. The first-order valence-electron chi connectivity index (χ1n) is 9.61. The molecule has 0 aliphatic carbocycles. The number of rotatable bonds is 4. The summed E-state index contributed by atoms with van der Waals surface area (Å²) in [6, 6.07) is 11.9. The van der Waals surface area contributed by atoms with Gasteiger partial charge in [-0.2, -0.15) is 0 Å². The number of benzene rings is 2. The third-order valence-corrected chi connectivity index (χ3v) is 4.76. The van der Waals surface area contributed by atoms with E-state index in [1.165, 1.54) is 11.1 Å². The summed E-state index contributed by atoms with van der Waals surface area (Å²) in [5.74, 6) is 1.54. The molecule has 0 saturated heterocycles. The van der Waals surface area contributed by atoms with Crippen molar-refractivity contribution in [2.24, 2.45) is 0 Å². The van der Waals surface area contributed by atoms with Gasteiger partial charge in [0.1, 0.15) is 18.1 Å². The van der Waals surface area contributed by atoms with E-state index >= 15 is 0 Å². The molecule has 0 aromatic heterocycles. The smallest absolute Gasteiger partial charge is 0.232 e. The van der Waals surface area contributed by atoms with Crippen molar-refractivity contribution >= 4 is 11.9 Å². The van der Waals surface area contributed by atoms with E-state index in [2.05, 4.69) is 32.9 Å². The van der Waals surface area contributed by atoms with Gasteiger partial charge < -0.3 is 9.47 Å². The fourth-order valence-corrected chi connectivity index (χ4v) is 3.10. The number of carbonyl (C=O) groups excluding carboxylic acids is 1. The van der Waals surface area contributed by atoms with Crippen LogP contribution in [0.2, 0.25) is 0 Å². The van der Waals surface area contributed by atoms with E-state index in [-0.39, 0.29) is 11.2 Å². The summed E-state index contributed by atoms with van der Waals surface area (Å²) >= 11 is 0. The molecule has 28 heavy (non-hydrogen) atoms. The number of hydrogen-bond donors (Lipinski definition) is 0. The van der Waals surface area contributed by atoms with E-state index in [1.807, 2.05) is 45.0 Å². The molecule has 1 aliphatic rings. The monoisotopic (exact) mass is 376 g/mol. The maximum absolute atomic E-state index is 12.8. The van der Waals surface area contributed by atoms with E-state index in [0.717, 1.165) is 11.1 Å². The van der Waals surface area contributed by atoms with Crippen LogP contribution in [0.25, 0.3) is 6.08 Å². The SMILES string of the molecule is CC(C)=CCOc1cc(C)c2c(c1)O/C(=C\c1ccc(C(C)(C)C)cc1)C2=O. The van der Waals surface area contributed by atoms with Crippen LogP contribution >= 0.6 is 0 Å². The fraction of sp³-hybridized carbons (Fsp3) is 0.320. The van der Waals surface area contributed by atoms with Gasteiger partial charge >= 0.3 is 0 Å². The van der Waals surface area contributed by atoms with Crippen LogP contribution in [0.5, 0.6) is 11.5 Å². The number of fused-ring (bicyclic) bond motifs is 1. The van der Waals surface area contributed by atoms with E-state index in [9.17, 15) is 4.79 Å². The van der Waals surface area contributed by atoms with Gasteiger partial charge in [-0.15, -0.1) is 0 Å². The summed E-state index contributed by atoms with van der Waals surface area (Å²) in [7, 11) is 0. The zero-order valence-corrected chi connectivity index (χ0v) is 17.6. The second kappa shape index (κ2) is 7.67. The molecule has 0 spiro atoms. The van der Waals surface area contributed by atoms with Crippen LogP contribution in [-0.4, -0.2) is 12.4 Å². The predicted octanol–water partition coefficient (Wildman–Crippen LogP) is 6.25. The van der Waals surface area contributed by atoms with Crippen molar-refractivity contribution in [3.05, 3.63) is 76.1 Å². The Morgan fingerprint density at radius 2 is 1.79 bits per heavy atom. The quantitative estimate of drug-likeness (QED) is 0.467. The molecule has 3 nitrogen and oxygen atoms in total. The second-order valence-electron chi connectivity index (χ2n) is 8.52. The van der Waals surface area contributed by atoms with Crippen LogP contribution in [-0.2, 0) is 5.41 Å². The number of hydrogen-bond acceptors (Lipinski definition) is 3. The number of ether oxygens (including phenoxy) is 2. The van der Waals surface area contributed by atoms with E-state index < -0.39 is 0 Å². The van der Waals surface area contributed by atoms with Crippen LogP contribution in [0.15, 0.2) is 53.8 Å². The third kappa shape index (κ3) is 4.36. The maximum Gasteiger partial charge on any atom is 0.232 e. The minimum Gasteiger partial charge on any atom is -0.489 e. The Balaban J connectivity index is 1.83. The second-order valence-corrected chi connectivity index (χ2v) is 8.52. The summed E-state index contributed by atoms with van der Waals surface area (Å²) in [5, 5.41) is 0. The average Bonchev–Trinajstić information content (AvgIpc) is 2.90. The van der Waals surface area contributed by atoms with Crippen LogP contribution in [0, 0.1) is 6.92 Å². The van der Waals surface area contributed by atoms with Crippen molar-refractivity contribution in [3.8, 4) is 11.5 Å². The van der Waals surface area contributed by atoms with Crippen molar-refractivity contribution in [2.45, 2.75) is 47.0 Å². The molecule has 0 amide bonds. The van der Waals surface area contributed by atoms with Gasteiger partial charge in [-0.05, 0) is 61.1 Å². The Hall–Kier alpha value is -2.81. The third-order valence-electron chi connectivity index (χ3n) is 4.76. The summed E-state index contributed by atoms with van der Waals surface area (Å²) in [6.07, 6.45) is 3.82. The zero-order chi connectivity index (χ0) is 20.5. The topological polar surface area (TPSA) is 35.5 Å². The molecule has 0 saturated carbocycles. The summed E-state index contributed by atoms with van der Waals surface area (Å²) in [6.45, 7) is 13.0. The number of aryl methyl sites for hydroxylation is 1. The van der Waals surface area contributed by atoms with E-state index in [4.69, 9.17) is 9.47 Å². The van der Waals surface area contributed by atoms with E-state index in [1.54, 1.807) is 12.1 Å². The Morgan fingerprint density at radius 3 is 2.39 bits per heavy atom. The van der Waals surface area contributed by atoms with Crippen LogP contribution in [0.4, 0.5) is 0 Å². The molecule has 2 aromatic carbocycles. The number of Topliss-reactive ketones (excluding diaryl/α,β-unsaturated/α-hetero) is 1. The molecular formula is C25H28O3. The van der Waals surface area contributed by atoms with Gasteiger partial charge in [0, 0.05) is 6.07 Å². The molecular weight excluding hydrogens is 348 g/mol. The molecule has 3 heteroatoms. The molecule has 0 atom stereocenters. The van der Waals surface area contributed by atoms with Crippen LogP contribution in [0.1, 0.15) is 61.7 Å². The maximum atomic E-state index is 12.8. The minimum absolute atomic E-state index is 0.0803. The lowest BCUT2D eigenvalue weighted by molar-refractivity contribution is 0.101. The highest BCUT2D eigenvalue weighted by Crippen LogP contribution is 2.37. The van der Waals surface area contributed by atoms with Crippen LogP contribution in [0.3, 0.4) is 0 Å². The Morgan fingerprint density at radius 1 is 1.11 bits per heavy atom. The van der Waals surface area contributed by atoms with Gasteiger partial charge in [0.15, 0.2) is 5.76 Å². The highest BCUT2D eigenvalue weighted by Gasteiger charge is 2.30. The molecule has 146 valence electrons. The summed E-state index contributed by atoms with van der Waals surface area (Å²) in [4.78, 5) is 12.8. The molecule has 0 unspecified atom stereocenters. The summed E-state index contributed by atoms with van der Waals surface area (Å²) in [5.41, 5.74) is 4.98. The Labute approximate surface area is 167 Å². The zero-order valence-electron chi connectivity index (χ0n) is 17.6. The van der Waals surface area contributed by atoms with Gasteiger partial charge in [0.25, 0.3) is 0 Å². The van der Waals surface area contributed by atoms with Gasteiger partial charge in [0.05, 0.1) is 5.56 Å². The van der Waals surface area contributed by atoms with Crippen molar-refractivity contribution in [2.75, 3.05) is 6.61 Å². The van der Waals surface area contributed by atoms with Gasteiger partial charge in [-0.3, -0.25) is 4.79 Å². The Kier molecular flexibility index (Phi) is 5.46.